The third-order valence-corrected chi connectivity index (χ3v) is 8.60. The zero-order valence-electron chi connectivity index (χ0n) is 24.4. The van der Waals surface area contributed by atoms with Gasteiger partial charge in [0.15, 0.2) is 0 Å². The molecule has 0 radical (unpaired) electrons. The first kappa shape index (κ1) is 25.4. The monoisotopic (exact) mass is 582 g/mol. The van der Waals surface area contributed by atoms with Crippen LogP contribution in [0.3, 0.4) is 0 Å². The number of furan rings is 2. The van der Waals surface area contributed by atoms with Crippen LogP contribution in [0.15, 0.2) is 149 Å². The molecule has 6 heteroatoms. The highest BCUT2D eigenvalue weighted by Gasteiger charge is 2.20. The van der Waals surface area contributed by atoms with Gasteiger partial charge in [-0.05, 0) is 84.9 Å². The van der Waals surface area contributed by atoms with E-state index in [0.29, 0.717) is 0 Å². The van der Waals surface area contributed by atoms with Crippen molar-refractivity contribution in [3.05, 3.63) is 140 Å². The molecule has 0 amide bonds. The maximum absolute atomic E-state index is 5.98. The van der Waals surface area contributed by atoms with Gasteiger partial charge in [0.25, 0.3) is 0 Å². The fraction of sp³-hybridized carbons (Fsp3) is 0.0256. The number of nitrogens with zero attached hydrogens (tertiary/aromatic N) is 4. The summed E-state index contributed by atoms with van der Waals surface area (Å²) in [5.41, 5.74) is 10.2. The van der Waals surface area contributed by atoms with E-state index in [4.69, 9.17) is 13.8 Å². The van der Waals surface area contributed by atoms with Gasteiger partial charge < -0.3 is 18.0 Å². The van der Waals surface area contributed by atoms with Crippen LogP contribution >= 0.6 is 0 Å². The van der Waals surface area contributed by atoms with E-state index in [1.807, 2.05) is 54.7 Å². The van der Waals surface area contributed by atoms with Crippen LogP contribution < -0.4 is 0 Å². The standard InChI is InChI=1S/C39H26N4O2/c1-42-34-10-3-2-9-32(34)41-39(42)27-14-16-28-30-22-26(37-11-6-20-44-37)15-18-33(30)43(35(28)24-27)36-23-25(31-8-4-5-19-40-31)13-17-29(36)38-12-7-21-45-38/h2-24H,1H3. The Bertz CT molecular complexity index is 2480. The normalized spacial score (nSPS) is 11.7. The topological polar surface area (TPSA) is 61.9 Å². The Balaban J connectivity index is 1.37. The van der Waals surface area contributed by atoms with Crippen molar-refractivity contribution >= 4 is 32.8 Å². The molecule has 0 spiro atoms. The van der Waals surface area contributed by atoms with Gasteiger partial charge in [-0.1, -0.05) is 36.4 Å². The minimum Gasteiger partial charge on any atom is -0.464 e. The van der Waals surface area contributed by atoms with Crippen LogP contribution in [0.25, 0.3) is 83.8 Å². The molecular weight excluding hydrogens is 556 g/mol. The highest BCUT2D eigenvalue weighted by Crippen LogP contribution is 2.41. The Morgan fingerprint density at radius 3 is 2.18 bits per heavy atom. The van der Waals surface area contributed by atoms with Gasteiger partial charge in [0.1, 0.15) is 17.3 Å². The predicted octanol–water partition coefficient (Wildman–Crippen LogP) is 9.92. The van der Waals surface area contributed by atoms with Crippen molar-refractivity contribution in [2.24, 2.45) is 7.05 Å². The van der Waals surface area contributed by atoms with Gasteiger partial charge in [0, 0.05) is 46.3 Å². The first-order valence-electron chi connectivity index (χ1n) is 14.9. The van der Waals surface area contributed by atoms with Gasteiger partial charge in [-0.15, -0.1) is 0 Å². The van der Waals surface area contributed by atoms with Gasteiger partial charge in [0.05, 0.1) is 46.0 Å². The van der Waals surface area contributed by atoms with E-state index in [2.05, 4.69) is 94.0 Å². The zero-order chi connectivity index (χ0) is 29.9. The maximum Gasteiger partial charge on any atom is 0.140 e. The van der Waals surface area contributed by atoms with Crippen molar-refractivity contribution in [3.63, 3.8) is 0 Å². The number of para-hydroxylation sites is 2. The Labute approximate surface area is 258 Å². The molecule has 0 N–H and O–H groups in total. The second-order valence-electron chi connectivity index (χ2n) is 11.2. The van der Waals surface area contributed by atoms with Crippen LogP contribution in [0.2, 0.25) is 0 Å². The third-order valence-electron chi connectivity index (χ3n) is 8.60. The molecule has 214 valence electrons. The average molecular weight is 583 g/mol. The fourth-order valence-electron chi connectivity index (χ4n) is 6.47. The second kappa shape index (κ2) is 9.96. The first-order valence-corrected chi connectivity index (χ1v) is 14.9. The van der Waals surface area contributed by atoms with Crippen molar-refractivity contribution in [1.29, 1.82) is 0 Å². The maximum atomic E-state index is 5.98. The van der Waals surface area contributed by atoms with Crippen molar-refractivity contribution in [2.45, 2.75) is 0 Å². The van der Waals surface area contributed by atoms with E-state index in [1.165, 1.54) is 0 Å². The van der Waals surface area contributed by atoms with E-state index in [0.717, 1.165) is 83.8 Å². The molecule has 6 nitrogen and oxygen atoms in total. The molecule has 0 saturated heterocycles. The molecule has 0 aliphatic heterocycles. The molecular formula is C39H26N4O2. The van der Waals surface area contributed by atoms with Gasteiger partial charge in [-0.3, -0.25) is 4.98 Å². The Morgan fingerprint density at radius 1 is 0.578 bits per heavy atom. The van der Waals surface area contributed by atoms with Crippen molar-refractivity contribution in [1.82, 2.24) is 19.1 Å². The number of imidazole rings is 1. The van der Waals surface area contributed by atoms with E-state index < -0.39 is 0 Å². The summed E-state index contributed by atoms with van der Waals surface area (Å²) in [6.07, 6.45) is 5.26. The molecule has 45 heavy (non-hydrogen) atoms. The highest BCUT2D eigenvalue weighted by molar-refractivity contribution is 6.11. The average Bonchev–Trinajstić information content (AvgIpc) is 3.91. The molecule has 5 heterocycles. The molecule has 0 bridgehead atoms. The summed E-state index contributed by atoms with van der Waals surface area (Å²) in [5, 5.41) is 2.26. The molecule has 0 saturated carbocycles. The molecule has 0 unspecified atom stereocenters. The van der Waals surface area contributed by atoms with E-state index in [1.54, 1.807) is 12.5 Å². The van der Waals surface area contributed by atoms with Crippen molar-refractivity contribution in [3.8, 4) is 51.0 Å². The van der Waals surface area contributed by atoms with Crippen LogP contribution in [0.4, 0.5) is 0 Å². The van der Waals surface area contributed by atoms with E-state index >= 15 is 0 Å². The lowest BCUT2D eigenvalue weighted by Gasteiger charge is -2.15. The summed E-state index contributed by atoms with van der Waals surface area (Å²) in [4.78, 5) is 9.68. The summed E-state index contributed by atoms with van der Waals surface area (Å²) in [6, 6.07) is 41.7. The fourth-order valence-corrected chi connectivity index (χ4v) is 6.47. The molecule has 0 aliphatic rings. The largest absolute Gasteiger partial charge is 0.464 e. The molecule has 5 aromatic heterocycles. The number of rotatable bonds is 5. The van der Waals surface area contributed by atoms with Crippen LogP contribution in [-0.4, -0.2) is 19.1 Å². The SMILES string of the molecule is Cn1c(-c2ccc3c4cc(-c5ccco5)ccc4n(-c4cc(-c5ccccn5)ccc4-c4ccco4)c3c2)nc2ccccc21. The Morgan fingerprint density at radius 2 is 1.38 bits per heavy atom. The number of fused-ring (bicyclic) bond motifs is 4. The predicted molar refractivity (Wildman–Crippen MR) is 179 cm³/mol. The number of hydrogen-bond donors (Lipinski definition) is 0. The lowest BCUT2D eigenvalue weighted by Crippen LogP contribution is -1.99. The van der Waals surface area contributed by atoms with Crippen LogP contribution in [0.5, 0.6) is 0 Å². The molecule has 0 fully saturated rings. The summed E-state index contributed by atoms with van der Waals surface area (Å²) in [7, 11) is 2.07. The third kappa shape index (κ3) is 4.03. The number of aromatic nitrogens is 4. The van der Waals surface area contributed by atoms with Crippen LogP contribution in [-0.2, 0) is 7.05 Å². The van der Waals surface area contributed by atoms with Gasteiger partial charge >= 0.3 is 0 Å². The molecule has 9 rings (SSSR count). The number of pyridine rings is 1. The van der Waals surface area contributed by atoms with Crippen LogP contribution in [0, 0.1) is 0 Å². The summed E-state index contributed by atoms with van der Waals surface area (Å²) >= 11 is 0. The summed E-state index contributed by atoms with van der Waals surface area (Å²) in [6.45, 7) is 0. The Kier molecular flexibility index (Phi) is 5.62. The minimum atomic E-state index is 0.797. The lowest BCUT2D eigenvalue weighted by molar-refractivity contribution is 0.582. The van der Waals surface area contributed by atoms with Gasteiger partial charge in [0.2, 0.25) is 0 Å². The highest BCUT2D eigenvalue weighted by atomic mass is 16.3. The molecule has 0 atom stereocenters. The molecule has 9 aromatic rings. The number of hydrogen-bond acceptors (Lipinski definition) is 4. The number of aryl methyl sites for hydroxylation is 1. The molecule has 0 aliphatic carbocycles. The Hall–Kier alpha value is -6.14. The van der Waals surface area contributed by atoms with Gasteiger partial charge in [-0.25, -0.2) is 4.98 Å². The number of benzene rings is 4. The lowest BCUT2D eigenvalue weighted by atomic mass is 10.0. The first-order chi connectivity index (χ1) is 22.2. The van der Waals surface area contributed by atoms with Crippen molar-refractivity contribution in [2.75, 3.05) is 0 Å². The molecule has 4 aromatic carbocycles. The van der Waals surface area contributed by atoms with Crippen molar-refractivity contribution < 1.29 is 8.83 Å². The van der Waals surface area contributed by atoms with Crippen LogP contribution in [0.1, 0.15) is 0 Å². The zero-order valence-corrected chi connectivity index (χ0v) is 24.4. The minimum absolute atomic E-state index is 0.797. The summed E-state index contributed by atoms with van der Waals surface area (Å²) in [5.74, 6) is 2.55. The van der Waals surface area contributed by atoms with E-state index in [9.17, 15) is 0 Å². The van der Waals surface area contributed by atoms with E-state index in [-0.39, 0.29) is 0 Å². The van der Waals surface area contributed by atoms with Gasteiger partial charge in [-0.2, -0.15) is 0 Å². The smallest absolute Gasteiger partial charge is 0.140 e. The second-order valence-corrected chi connectivity index (χ2v) is 11.2. The quantitative estimate of drug-likeness (QED) is 0.203. The summed E-state index contributed by atoms with van der Waals surface area (Å²) < 4.78 is 16.3.